The number of aromatic nitrogens is 2. The number of nitrogens with one attached hydrogen (secondary N) is 1. The molecular weight excluding hydrogens is 234 g/mol. The molecule has 0 amide bonds. The molecule has 2 heterocycles. The maximum atomic E-state index is 4.57. The standard InChI is InChI=1S/C16H19N3/c1-12(14-7-3-9-17-11-14)19-15-8-2-5-13-6-4-10-18-16(13)15/h3-4,6-7,9-12,15,19H,2,5,8H2,1H3. The van der Waals surface area contributed by atoms with Gasteiger partial charge in [0.15, 0.2) is 0 Å². The van der Waals surface area contributed by atoms with Crippen LogP contribution in [0.25, 0.3) is 0 Å². The van der Waals surface area contributed by atoms with E-state index in [4.69, 9.17) is 0 Å². The molecule has 2 aromatic rings. The Bertz CT molecular complexity index is 539. The molecule has 1 aliphatic rings. The Morgan fingerprint density at radius 1 is 1.26 bits per heavy atom. The van der Waals surface area contributed by atoms with Crippen molar-refractivity contribution in [1.29, 1.82) is 0 Å². The van der Waals surface area contributed by atoms with Gasteiger partial charge in [-0.2, -0.15) is 0 Å². The maximum absolute atomic E-state index is 4.57. The van der Waals surface area contributed by atoms with Crippen LogP contribution in [0.4, 0.5) is 0 Å². The van der Waals surface area contributed by atoms with Gasteiger partial charge in [0, 0.05) is 24.6 Å². The van der Waals surface area contributed by atoms with Gasteiger partial charge in [0.2, 0.25) is 0 Å². The number of nitrogens with zero attached hydrogens (tertiary/aromatic N) is 2. The molecule has 0 fully saturated rings. The Morgan fingerprint density at radius 2 is 2.16 bits per heavy atom. The summed E-state index contributed by atoms with van der Waals surface area (Å²) in [5.74, 6) is 0. The molecule has 0 radical (unpaired) electrons. The second kappa shape index (κ2) is 5.49. The van der Waals surface area contributed by atoms with Gasteiger partial charge >= 0.3 is 0 Å². The van der Waals surface area contributed by atoms with E-state index < -0.39 is 0 Å². The molecule has 1 aliphatic carbocycles. The maximum Gasteiger partial charge on any atom is 0.0605 e. The fourth-order valence-corrected chi connectivity index (χ4v) is 2.80. The molecule has 98 valence electrons. The van der Waals surface area contributed by atoms with Crippen LogP contribution in [0.15, 0.2) is 42.9 Å². The smallest absolute Gasteiger partial charge is 0.0605 e. The first kappa shape index (κ1) is 12.3. The number of rotatable bonds is 3. The lowest BCUT2D eigenvalue weighted by molar-refractivity contribution is 0.406. The fourth-order valence-electron chi connectivity index (χ4n) is 2.80. The zero-order chi connectivity index (χ0) is 13.1. The SMILES string of the molecule is CC(NC1CCCc2cccnc21)c1cccnc1. The number of pyridine rings is 2. The summed E-state index contributed by atoms with van der Waals surface area (Å²) in [4.78, 5) is 8.76. The summed E-state index contributed by atoms with van der Waals surface area (Å²) in [5, 5.41) is 3.69. The predicted octanol–water partition coefficient (Wildman–Crippen LogP) is 3.20. The van der Waals surface area contributed by atoms with Crippen molar-refractivity contribution in [2.75, 3.05) is 0 Å². The fraction of sp³-hybridized carbons (Fsp3) is 0.375. The van der Waals surface area contributed by atoms with Gasteiger partial charge in [-0.1, -0.05) is 12.1 Å². The van der Waals surface area contributed by atoms with E-state index in [0.717, 1.165) is 12.8 Å². The molecule has 0 saturated carbocycles. The van der Waals surface area contributed by atoms with Crippen LogP contribution in [0.3, 0.4) is 0 Å². The van der Waals surface area contributed by atoms with E-state index in [0.29, 0.717) is 12.1 Å². The van der Waals surface area contributed by atoms with Gasteiger partial charge in [-0.05, 0) is 49.4 Å². The normalized spacial score (nSPS) is 19.7. The Labute approximate surface area is 114 Å². The first-order chi connectivity index (χ1) is 9.34. The summed E-state index contributed by atoms with van der Waals surface area (Å²) in [6, 6.07) is 9.00. The number of fused-ring (bicyclic) bond motifs is 1. The predicted molar refractivity (Wildman–Crippen MR) is 75.7 cm³/mol. The van der Waals surface area contributed by atoms with Crippen molar-refractivity contribution in [3.63, 3.8) is 0 Å². The molecule has 0 spiro atoms. The molecular formula is C16H19N3. The van der Waals surface area contributed by atoms with Gasteiger partial charge in [-0.25, -0.2) is 0 Å². The van der Waals surface area contributed by atoms with Crippen molar-refractivity contribution < 1.29 is 0 Å². The van der Waals surface area contributed by atoms with E-state index in [1.54, 1.807) is 0 Å². The molecule has 0 bridgehead atoms. The van der Waals surface area contributed by atoms with Crippen molar-refractivity contribution in [3.05, 3.63) is 59.7 Å². The Morgan fingerprint density at radius 3 is 3.00 bits per heavy atom. The van der Waals surface area contributed by atoms with Crippen molar-refractivity contribution in [1.82, 2.24) is 15.3 Å². The van der Waals surface area contributed by atoms with Crippen LogP contribution in [-0.4, -0.2) is 9.97 Å². The van der Waals surface area contributed by atoms with Gasteiger partial charge in [0.1, 0.15) is 0 Å². The molecule has 3 rings (SSSR count). The van der Waals surface area contributed by atoms with Crippen molar-refractivity contribution >= 4 is 0 Å². The second-order valence-corrected chi connectivity index (χ2v) is 5.17. The second-order valence-electron chi connectivity index (χ2n) is 5.17. The highest BCUT2D eigenvalue weighted by Gasteiger charge is 2.22. The highest BCUT2D eigenvalue weighted by atomic mass is 15.0. The first-order valence-electron chi connectivity index (χ1n) is 6.94. The third-order valence-electron chi connectivity index (χ3n) is 3.83. The van der Waals surface area contributed by atoms with Crippen LogP contribution in [-0.2, 0) is 6.42 Å². The van der Waals surface area contributed by atoms with E-state index in [2.05, 4.69) is 34.3 Å². The average Bonchev–Trinajstić information content (AvgIpc) is 2.48. The van der Waals surface area contributed by atoms with Crippen LogP contribution in [0.1, 0.15) is 48.7 Å². The summed E-state index contributed by atoms with van der Waals surface area (Å²) in [6.45, 7) is 2.19. The van der Waals surface area contributed by atoms with Gasteiger partial charge in [0.25, 0.3) is 0 Å². The van der Waals surface area contributed by atoms with Crippen molar-refractivity contribution in [2.24, 2.45) is 0 Å². The summed E-state index contributed by atoms with van der Waals surface area (Å²) in [6.07, 6.45) is 9.19. The zero-order valence-corrected chi connectivity index (χ0v) is 11.2. The lowest BCUT2D eigenvalue weighted by Crippen LogP contribution is -2.28. The Hall–Kier alpha value is -1.74. The summed E-state index contributed by atoms with van der Waals surface area (Å²) >= 11 is 0. The molecule has 2 atom stereocenters. The van der Waals surface area contributed by atoms with Crippen LogP contribution in [0.2, 0.25) is 0 Å². The molecule has 2 unspecified atom stereocenters. The lowest BCUT2D eigenvalue weighted by Gasteiger charge is -2.28. The molecule has 19 heavy (non-hydrogen) atoms. The first-order valence-corrected chi connectivity index (χ1v) is 6.94. The molecule has 0 aliphatic heterocycles. The monoisotopic (exact) mass is 253 g/mol. The van der Waals surface area contributed by atoms with E-state index >= 15 is 0 Å². The molecule has 1 N–H and O–H groups in total. The number of aryl methyl sites for hydroxylation is 1. The zero-order valence-electron chi connectivity index (χ0n) is 11.2. The minimum atomic E-state index is 0.298. The molecule has 2 aromatic heterocycles. The number of hydrogen-bond acceptors (Lipinski definition) is 3. The minimum absolute atomic E-state index is 0.298. The Kier molecular flexibility index (Phi) is 3.56. The van der Waals surface area contributed by atoms with Gasteiger partial charge in [0.05, 0.1) is 11.7 Å². The van der Waals surface area contributed by atoms with E-state index in [-0.39, 0.29) is 0 Å². The van der Waals surface area contributed by atoms with E-state index in [1.807, 2.05) is 30.7 Å². The molecule has 3 nitrogen and oxygen atoms in total. The van der Waals surface area contributed by atoms with E-state index in [9.17, 15) is 0 Å². The summed E-state index contributed by atoms with van der Waals surface area (Å²) < 4.78 is 0. The quantitative estimate of drug-likeness (QED) is 0.912. The summed E-state index contributed by atoms with van der Waals surface area (Å²) in [7, 11) is 0. The van der Waals surface area contributed by atoms with Crippen LogP contribution >= 0.6 is 0 Å². The molecule has 3 heteroatoms. The lowest BCUT2D eigenvalue weighted by atomic mass is 9.91. The van der Waals surface area contributed by atoms with Gasteiger partial charge in [-0.3, -0.25) is 9.97 Å². The van der Waals surface area contributed by atoms with Crippen molar-refractivity contribution in [3.8, 4) is 0 Å². The molecule has 0 aromatic carbocycles. The van der Waals surface area contributed by atoms with Gasteiger partial charge < -0.3 is 5.32 Å². The van der Waals surface area contributed by atoms with Crippen LogP contribution in [0.5, 0.6) is 0 Å². The van der Waals surface area contributed by atoms with Crippen molar-refractivity contribution in [2.45, 2.75) is 38.3 Å². The summed E-state index contributed by atoms with van der Waals surface area (Å²) in [5.41, 5.74) is 3.85. The largest absolute Gasteiger partial charge is 0.302 e. The van der Waals surface area contributed by atoms with Gasteiger partial charge in [-0.15, -0.1) is 0 Å². The van der Waals surface area contributed by atoms with Crippen LogP contribution < -0.4 is 5.32 Å². The third kappa shape index (κ3) is 2.66. The average molecular weight is 253 g/mol. The highest BCUT2D eigenvalue weighted by molar-refractivity contribution is 5.26. The Balaban J connectivity index is 1.78. The minimum Gasteiger partial charge on any atom is -0.302 e. The number of hydrogen-bond donors (Lipinski definition) is 1. The topological polar surface area (TPSA) is 37.8 Å². The highest BCUT2D eigenvalue weighted by Crippen LogP contribution is 2.29. The molecule has 0 saturated heterocycles. The van der Waals surface area contributed by atoms with E-state index in [1.165, 1.54) is 23.2 Å². The van der Waals surface area contributed by atoms with Crippen LogP contribution in [0, 0.1) is 0 Å². The third-order valence-corrected chi connectivity index (χ3v) is 3.83.